The summed E-state index contributed by atoms with van der Waals surface area (Å²) in [5.41, 5.74) is -1.27. The average Bonchev–Trinajstić information content (AvgIpc) is 3.06. The molecule has 0 bridgehead atoms. The normalized spacial score (nSPS) is 12.7. The van der Waals surface area contributed by atoms with Crippen molar-refractivity contribution in [2.75, 3.05) is 0 Å². The van der Waals surface area contributed by atoms with Gasteiger partial charge < -0.3 is 5.11 Å². The van der Waals surface area contributed by atoms with Gasteiger partial charge in [-0.05, 0) is 59.4 Å². The summed E-state index contributed by atoms with van der Waals surface area (Å²) < 4.78 is 82.8. The predicted octanol–water partition coefficient (Wildman–Crippen LogP) is 12.6. The summed E-state index contributed by atoms with van der Waals surface area (Å²) in [6, 6.07) is 16.1. The molecule has 5 aromatic rings. The topological polar surface area (TPSA) is 63.1 Å². The third-order valence-corrected chi connectivity index (χ3v) is 9.27. The van der Waals surface area contributed by atoms with Gasteiger partial charge in [0.1, 0.15) is 6.33 Å². The van der Waals surface area contributed by atoms with E-state index in [1.807, 2.05) is 78.8 Å². The maximum atomic E-state index is 14.3. The van der Waals surface area contributed by atoms with Crippen LogP contribution in [0.25, 0.3) is 43.7 Å². The number of ketones is 1. The van der Waals surface area contributed by atoms with Crippen molar-refractivity contribution in [3.63, 3.8) is 0 Å². The number of hydrogen-bond acceptors (Lipinski definition) is 4. The molecule has 0 aliphatic rings. The van der Waals surface area contributed by atoms with Crippen molar-refractivity contribution in [1.82, 2.24) is 9.97 Å². The van der Waals surface area contributed by atoms with E-state index in [2.05, 4.69) is 16.0 Å². The van der Waals surface area contributed by atoms with Crippen molar-refractivity contribution in [1.29, 1.82) is 0 Å². The number of nitrogens with zero attached hydrogens (tertiary/aromatic N) is 2. The van der Waals surface area contributed by atoms with Crippen LogP contribution in [-0.2, 0) is 42.7 Å². The van der Waals surface area contributed by atoms with Gasteiger partial charge in [0.25, 0.3) is 0 Å². The largest absolute Gasteiger partial charge is 0.512 e. The molecule has 0 saturated heterocycles. The van der Waals surface area contributed by atoms with E-state index in [0.29, 0.717) is 11.6 Å². The van der Waals surface area contributed by atoms with E-state index in [1.54, 1.807) is 0 Å². The monoisotopic (exact) mass is 902 g/mol. The average molecular weight is 902 g/mol. The minimum absolute atomic E-state index is 0. The van der Waals surface area contributed by atoms with Gasteiger partial charge in [-0.2, -0.15) is 26.3 Å². The number of carbonyl (C=O) groups is 1. The molecule has 0 amide bonds. The van der Waals surface area contributed by atoms with Crippen LogP contribution < -0.4 is 0 Å². The molecule has 4 nitrogen and oxygen atoms in total. The van der Waals surface area contributed by atoms with E-state index < -0.39 is 23.5 Å². The van der Waals surface area contributed by atoms with Gasteiger partial charge in [0.05, 0.1) is 22.4 Å². The van der Waals surface area contributed by atoms with Gasteiger partial charge in [-0.25, -0.2) is 4.98 Å². The number of aromatic nitrogens is 2. The van der Waals surface area contributed by atoms with Crippen LogP contribution in [0.4, 0.5) is 26.3 Å². The third-order valence-electron chi connectivity index (χ3n) is 9.27. The number of benzene rings is 4. The number of allylic oxidation sites excluding steroid dienone is 2. The van der Waals surface area contributed by atoms with Crippen molar-refractivity contribution in [2.24, 2.45) is 11.8 Å². The summed E-state index contributed by atoms with van der Waals surface area (Å²) >= 11 is 0. The minimum Gasteiger partial charge on any atom is -0.512 e. The van der Waals surface area contributed by atoms with E-state index in [0.717, 1.165) is 60.5 Å². The fraction of sp³-hybridized carbons (Fsp3) is 0.390. The molecule has 1 aromatic heterocycles. The number of hydrogen-bond donors (Lipinski definition) is 1. The number of alkyl halides is 6. The number of aliphatic hydroxyl groups excluding tert-OH is 1. The number of rotatable bonds is 8. The molecule has 0 saturated carbocycles. The van der Waals surface area contributed by atoms with Crippen LogP contribution in [0.2, 0.25) is 0 Å². The summed E-state index contributed by atoms with van der Waals surface area (Å²) in [5.74, 6) is 0.547. The van der Waals surface area contributed by atoms with Gasteiger partial charge in [-0.3, -0.25) is 9.78 Å². The summed E-state index contributed by atoms with van der Waals surface area (Å²) in [6.07, 6.45) is -3.61. The Morgan fingerprint density at radius 2 is 1.40 bits per heavy atom. The number of aliphatic hydroxyl groups is 1. The first-order valence-corrected chi connectivity index (χ1v) is 17.1. The van der Waals surface area contributed by atoms with Crippen LogP contribution in [-0.4, -0.2) is 20.9 Å². The molecule has 281 valence electrons. The van der Waals surface area contributed by atoms with Gasteiger partial charge in [-0.15, -0.1) is 29.1 Å². The Bertz CT molecular complexity index is 2060. The molecule has 0 spiro atoms. The molecule has 0 atom stereocenters. The van der Waals surface area contributed by atoms with E-state index in [9.17, 15) is 36.2 Å². The molecule has 5 rings (SSSR count). The van der Waals surface area contributed by atoms with Crippen molar-refractivity contribution >= 4 is 38.2 Å². The molecule has 11 heteroatoms. The standard InChI is InChI=1S/C28H19F6N2.C13H24O2.Ir/c1-26(2,3)22-13-17(10-15-6-4-5-7-19(15)22)24-21-12-16-11-18(27(29,30)31)8-9-20(16)23(28(32,33)34)25(21)36-14-35-24;1-5-10(6-2)12(14)9-13(15)11(7-3)8-4;/h4-9,11-14H,1-3H3;9-11,14H,5-8H2,1-4H3;/q-1;;/b;12-9-;. The molecule has 0 unspecified atom stereocenters. The first-order valence-electron chi connectivity index (χ1n) is 17.1. The molecule has 1 heterocycles. The second-order valence-corrected chi connectivity index (χ2v) is 13.7. The minimum atomic E-state index is -4.85. The zero-order valence-electron chi connectivity index (χ0n) is 30.2. The molecule has 1 radical (unpaired) electrons. The summed E-state index contributed by atoms with van der Waals surface area (Å²) in [7, 11) is 0. The zero-order valence-corrected chi connectivity index (χ0v) is 32.6. The second kappa shape index (κ2) is 16.9. The number of halogens is 6. The Morgan fingerprint density at radius 1 is 0.788 bits per heavy atom. The van der Waals surface area contributed by atoms with Crippen LogP contribution in [0.3, 0.4) is 0 Å². The van der Waals surface area contributed by atoms with Gasteiger partial charge in [0.15, 0.2) is 5.78 Å². The first kappa shape index (κ1) is 42.6. The van der Waals surface area contributed by atoms with E-state index >= 15 is 0 Å². The Labute approximate surface area is 314 Å². The molecule has 4 aromatic carbocycles. The van der Waals surface area contributed by atoms with E-state index in [-0.39, 0.29) is 76.3 Å². The van der Waals surface area contributed by atoms with Crippen molar-refractivity contribution in [3.05, 3.63) is 95.5 Å². The fourth-order valence-electron chi connectivity index (χ4n) is 6.36. The molecule has 1 N–H and O–H groups in total. The molecule has 0 aliphatic heterocycles. The van der Waals surface area contributed by atoms with Crippen LogP contribution in [0.15, 0.2) is 72.8 Å². The van der Waals surface area contributed by atoms with Crippen molar-refractivity contribution < 1.29 is 56.3 Å². The van der Waals surface area contributed by atoms with E-state index in [1.165, 1.54) is 12.1 Å². The summed E-state index contributed by atoms with van der Waals surface area (Å²) in [5, 5.41) is 10.9. The van der Waals surface area contributed by atoms with Crippen molar-refractivity contribution in [2.45, 2.75) is 91.9 Å². The Hall–Kier alpha value is -3.82. The van der Waals surface area contributed by atoms with Gasteiger partial charge in [-0.1, -0.05) is 89.7 Å². The number of carbonyl (C=O) groups excluding carboxylic acids is 1. The summed E-state index contributed by atoms with van der Waals surface area (Å²) in [6.45, 7) is 14.1. The van der Waals surface area contributed by atoms with Crippen LogP contribution in [0.1, 0.15) is 90.8 Å². The van der Waals surface area contributed by atoms with Gasteiger partial charge in [0.2, 0.25) is 0 Å². The molecule has 0 aliphatic carbocycles. The van der Waals surface area contributed by atoms with Gasteiger partial charge >= 0.3 is 12.4 Å². The van der Waals surface area contributed by atoms with Crippen LogP contribution in [0, 0.1) is 17.9 Å². The smallest absolute Gasteiger partial charge is 0.419 e. The molecular formula is C41H43F6IrN2O2-. The fourth-order valence-corrected chi connectivity index (χ4v) is 6.36. The molecule has 52 heavy (non-hydrogen) atoms. The van der Waals surface area contributed by atoms with Gasteiger partial charge in [0, 0.05) is 43.7 Å². The Balaban J connectivity index is 0.000000389. The third kappa shape index (κ3) is 9.39. The quantitative estimate of drug-likeness (QED) is 0.0554. The maximum Gasteiger partial charge on any atom is 0.419 e. The summed E-state index contributed by atoms with van der Waals surface area (Å²) in [4.78, 5) is 19.9. The van der Waals surface area contributed by atoms with Crippen LogP contribution in [0.5, 0.6) is 0 Å². The Kier molecular flexibility index (Phi) is 13.8. The molecular weight excluding hydrogens is 859 g/mol. The SMILES string of the molecule is CC(C)(C)c1cc(-c2ncnc3c(C(F)(F)F)c4ccc(C(F)(F)F)cc4cc23)[c-]c2ccccc12.CCC(CC)C(=O)/C=C(\O)C(CC)CC.[Ir]. The maximum absolute atomic E-state index is 14.3. The van der Waals surface area contributed by atoms with Crippen LogP contribution >= 0.6 is 0 Å². The predicted molar refractivity (Wildman–Crippen MR) is 191 cm³/mol. The zero-order chi connectivity index (χ0) is 37.9. The first-order chi connectivity index (χ1) is 23.8. The second-order valence-electron chi connectivity index (χ2n) is 13.7. The Morgan fingerprint density at radius 3 is 1.96 bits per heavy atom. The number of fused-ring (bicyclic) bond motifs is 3. The van der Waals surface area contributed by atoms with E-state index in [4.69, 9.17) is 0 Å². The van der Waals surface area contributed by atoms with Crippen molar-refractivity contribution in [3.8, 4) is 11.3 Å². The molecule has 0 fully saturated rings.